The summed E-state index contributed by atoms with van der Waals surface area (Å²) in [5, 5.41) is 22.3. The van der Waals surface area contributed by atoms with E-state index in [2.05, 4.69) is 0 Å². The molecular formula is C29H30O6. The Kier molecular flexibility index (Phi) is 7.97. The lowest BCUT2D eigenvalue weighted by atomic mass is 9.92. The third-order valence-electron chi connectivity index (χ3n) is 6.32. The molecule has 0 radical (unpaired) electrons. The Hall–Kier alpha value is -4.06. The van der Waals surface area contributed by atoms with E-state index in [1.165, 1.54) is 0 Å². The van der Waals surface area contributed by atoms with Gasteiger partial charge >= 0.3 is 11.9 Å². The van der Waals surface area contributed by atoms with Crippen LogP contribution in [0.4, 0.5) is 0 Å². The van der Waals surface area contributed by atoms with E-state index in [9.17, 15) is 9.59 Å². The number of rotatable bonds is 6. The normalized spacial score (nSPS) is 12.4. The van der Waals surface area contributed by atoms with Crippen LogP contribution in [0.1, 0.15) is 42.4 Å². The Morgan fingerprint density at radius 2 is 1.20 bits per heavy atom. The lowest BCUT2D eigenvalue weighted by Crippen LogP contribution is -2.09. The fraction of sp³-hybridized carbons (Fsp3) is 0.241. The highest BCUT2D eigenvalue weighted by atomic mass is 16.5. The van der Waals surface area contributed by atoms with Crippen molar-refractivity contribution in [2.24, 2.45) is 0 Å². The molecule has 2 N–H and O–H groups in total. The van der Waals surface area contributed by atoms with Gasteiger partial charge in [-0.25, -0.2) is 0 Å². The van der Waals surface area contributed by atoms with E-state index in [1.807, 2.05) is 73.7 Å². The maximum atomic E-state index is 11.1. The molecule has 0 unspecified atom stereocenters. The molecule has 0 aromatic heterocycles. The molecule has 0 heterocycles. The molecule has 2 atom stereocenters. The molecule has 0 bridgehead atoms. The molecule has 35 heavy (non-hydrogen) atoms. The molecule has 182 valence electrons. The number of aryl methyl sites for hydroxylation is 1. The van der Waals surface area contributed by atoms with Crippen LogP contribution in [0.2, 0.25) is 0 Å². The van der Waals surface area contributed by atoms with Crippen LogP contribution >= 0.6 is 0 Å². The molecule has 0 aliphatic rings. The number of carboxylic acid groups (broad SMARTS) is 2. The van der Waals surface area contributed by atoms with E-state index in [1.54, 1.807) is 28.1 Å². The predicted octanol–water partition coefficient (Wildman–Crippen LogP) is 6.38. The topological polar surface area (TPSA) is 93.1 Å². The largest absolute Gasteiger partial charge is 0.497 e. The van der Waals surface area contributed by atoms with Crippen LogP contribution in [0, 0.1) is 6.92 Å². The summed E-state index contributed by atoms with van der Waals surface area (Å²) >= 11 is 0. The minimum Gasteiger partial charge on any atom is -0.497 e. The van der Waals surface area contributed by atoms with Gasteiger partial charge in [-0.15, -0.1) is 0 Å². The van der Waals surface area contributed by atoms with E-state index in [4.69, 9.17) is 19.7 Å². The van der Waals surface area contributed by atoms with Gasteiger partial charge in [0.2, 0.25) is 0 Å². The van der Waals surface area contributed by atoms with Crippen LogP contribution in [0.5, 0.6) is 11.5 Å². The zero-order valence-electron chi connectivity index (χ0n) is 20.5. The van der Waals surface area contributed by atoms with Gasteiger partial charge < -0.3 is 19.7 Å². The van der Waals surface area contributed by atoms with Crippen molar-refractivity contribution >= 4 is 33.5 Å². The molecule has 4 rings (SSSR count). The molecular weight excluding hydrogens is 444 g/mol. The molecule has 0 fully saturated rings. The van der Waals surface area contributed by atoms with E-state index in [0.29, 0.717) is 0 Å². The van der Waals surface area contributed by atoms with Crippen LogP contribution in [0.15, 0.2) is 66.7 Å². The number of methoxy groups -OCH3 is 2. The minimum atomic E-state index is -0.808. The smallest absolute Gasteiger partial charge is 0.310 e. The van der Waals surface area contributed by atoms with Gasteiger partial charge in [0.05, 0.1) is 26.1 Å². The van der Waals surface area contributed by atoms with Gasteiger partial charge in [0, 0.05) is 0 Å². The second kappa shape index (κ2) is 10.9. The van der Waals surface area contributed by atoms with Crippen molar-refractivity contribution in [2.75, 3.05) is 14.2 Å². The van der Waals surface area contributed by atoms with E-state index in [-0.39, 0.29) is 0 Å². The van der Waals surface area contributed by atoms with Gasteiger partial charge in [-0.05, 0) is 83.3 Å². The van der Waals surface area contributed by atoms with E-state index >= 15 is 0 Å². The molecule has 0 spiro atoms. The number of ether oxygens (including phenoxy) is 2. The van der Waals surface area contributed by atoms with Crippen molar-refractivity contribution in [3.63, 3.8) is 0 Å². The number of aliphatic carboxylic acids is 2. The molecule has 0 aliphatic carbocycles. The third kappa shape index (κ3) is 5.72. The Morgan fingerprint density at radius 1 is 0.686 bits per heavy atom. The third-order valence-corrected chi connectivity index (χ3v) is 6.32. The lowest BCUT2D eigenvalue weighted by Gasteiger charge is -2.13. The van der Waals surface area contributed by atoms with Gasteiger partial charge in [-0.1, -0.05) is 42.5 Å². The first kappa shape index (κ1) is 25.6. The van der Waals surface area contributed by atoms with Crippen LogP contribution in [-0.2, 0) is 9.59 Å². The molecule has 6 nitrogen and oxygen atoms in total. The SMILES string of the molecule is COc1ccc2c(C)c([C@H](C)C(=O)O)ccc2c1.COc1ccc2cc([C@H](C)C(=O)O)ccc2c1. The lowest BCUT2D eigenvalue weighted by molar-refractivity contribution is -0.139. The van der Waals surface area contributed by atoms with Crippen molar-refractivity contribution in [3.8, 4) is 11.5 Å². The van der Waals surface area contributed by atoms with Gasteiger partial charge in [-0.2, -0.15) is 0 Å². The maximum Gasteiger partial charge on any atom is 0.310 e. The Balaban J connectivity index is 0.000000196. The van der Waals surface area contributed by atoms with Crippen LogP contribution < -0.4 is 9.47 Å². The summed E-state index contributed by atoms with van der Waals surface area (Å²) in [6, 6.07) is 21.1. The summed E-state index contributed by atoms with van der Waals surface area (Å²) in [7, 11) is 3.26. The second-order valence-corrected chi connectivity index (χ2v) is 8.46. The van der Waals surface area contributed by atoms with Gasteiger partial charge in [0.15, 0.2) is 0 Å². The zero-order valence-corrected chi connectivity index (χ0v) is 20.5. The highest BCUT2D eigenvalue weighted by Gasteiger charge is 2.17. The van der Waals surface area contributed by atoms with Crippen LogP contribution in [-0.4, -0.2) is 36.4 Å². The number of hydrogen-bond acceptors (Lipinski definition) is 4. The minimum absolute atomic E-state index is 0.485. The monoisotopic (exact) mass is 474 g/mol. The second-order valence-electron chi connectivity index (χ2n) is 8.46. The first-order chi connectivity index (χ1) is 16.7. The molecule has 4 aromatic rings. The summed E-state index contributed by atoms with van der Waals surface area (Å²) in [5.41, 5.74) is 2.69. The summed E-state index contributed by atoms with van der Waals surface area (Å²) in [6.45, 7) is 5.36. The number of fused-ring (bicyclic) bond motifs is 2. The number of carboxylic acids is 2. The van der Waals surface area contributed by atoms with Crippen molar-refractivity contribution in [3.05, 3.63) is 83.4 Å². The quantitative estimate of drug-likeness (QED) is 0.337. The summed E-state index contributed by atoms with van der Waals surface area (Å²) in [4.78, 5) is 22.0. The Labute approximate surface area is 204 Å². The zero-order chi connectivity index (χ0) is 25.7. The number of carbonyl (C=O) groups is 2. The van der Waals surface area contributed by atoms with Gasteiger partial charge in [0.25, 0.3) is 0 Å². The molecule has 0 saturated carbocycles. The highest BCUT2D eigenvalue weighted by Crippen LogP contribution is 2.29. The van der Waals surface area contributed by atoms with Crippen LogP contribution in [0.25, 0.3) is 21.5 Å². The maximum absolute atomic E-state index is 11.1. The average Bonchev–Trinajstić information content (AvgIpc) is 2.87. The standard InChI is InChI=1S/C15H16O3.C14H14O3/c1-9-13(10(2)15(16)17)6-4-11-8-12(18-3)5-7-14(9)11;1-9(14(15)16)10-3-4-12-8-13(17-2)6-5-11(12)7-10/h4-8,10H,1-3H3,(H,16,17);3-9H,1-2H3,(H,15,16)/t10-;9-/m00/s1. The van der Waals surface area contributed by atoms with E-state index < -0.39 is 23.8 Å². The van der Waals surface area contributed by atoms with E-state index in [0.717, 1.165) is 49.7 Å². The molecule has 0 amide bonds. The first-order valence-electron chi connectivity index (χ1n) is 11.3. The average molecular weight is 475 g/mol. The van der Waals surface area contributed by atoms with Crippen molar-refractivity contribution in [1.82, 2.24) is 0 Å². The Morgan fingerprint density at radius 3 is 1.80 bits per heavy atom. The first-order valence-corrected chi connectivity index (χ1v) is 11.3. The fourth-order valence-corrected chi connectivity index (χ4v) is 3.99. The van der Waals surface area contributed by atoms with Gasteiger partial charge in [-0.3, -0.25) is 9.59 Å². The Bertz CT molecular complexity index is 1370. The van der Waals surface area contributed by atoms with Crippen molar-refractivity contribution in [2.45, 2.75) is 32.6 Å². The molecule has 4 aromatic carbocycles. The predicted molar refractivity (Wildman–Crippen MR) is 138 cm³/mol. The van der Waals surface area contributed by atoms with Gasteiger partial charge in [0.1, 0.15) is 11.5 Å². The molecule has 0 aliphatic heterocycles. The molecule has 0 saturated heterocycles. The fourth-order valence-electron chi connectivity index (χ4n) is 3.99. The molecule has 6 heteroatoms. The van der Waals surface area contributed by atoms with Crippen molar-refractivity contribution < 1.29 is 29.3 Å². The summed E-state index contributed by atoms with van der Waals surface area (Å²) in [6.07, 6.45) is 0. The highest BCUT2D eigenvalue weighted by molar-refractivity contribution is 5.90. The number of hydrogen-bond donors (Lipinski definition) is 2. The summed E-state index contributed by atoms with van der Waals surface area (Å²) < 4.78 is 10.3. The number of benzene rings is 4. The van der Waals surface area contributed by atoms with Crippen molar-refractivity contribution in [1.29, 1.82) is 0 Å². The van der Waals surface area contributed by atoms with Crippen LogP contribution in [0.3, 0.4) is 0 Å². The summed E-state index contributed by atoms with van der Waals surface area (Å²) in [5.74, 6) is -0.973.